The molecule has 0 unspecified atom stereocenters. The van der Waals surface area contributed by atoms with Crippen LogP contribution in [0.3, 0.4) is 0 Å². The second-order valence-corrected chi connectivity index (χ2v) is 7.98. The Balaban J connectivity index is 1.44. The number of nitrogens with zero attached hydrogens (tertiary/aromatic N) is 3. The van der Waals surface area contributed by atoms with Crippen molar-refractivity contribution in [2.75, 3.05) is 33.7 Å². The van der Waals surface area contributed by atoms with E-state index < -0.39 is 0 Å². The third-order valence-corrected chi connectivity index (χ3v) is 5.69. The molecule has 6 heteroatoms. The third kappa shape index (κ3) is 6.67. The van der Waals surface area contributed by atoms with Gasteiger partial charge in [-0.3, -0.25) is 15.4 Å². The largest absolute Gasteiger partial charge is 0.384 e. The number of nitrogen functional groups attached to an aromatic ring is 1. The predicted molar refractivity (Wildman–Crippen MR) is 131 cm³/mol. The monoisotopic (exact) mass is 418 g/mol. The van der Waals surface area contributed by atoms with Gasteiger partial charge in [0.1, 0.15) is 11.7 Å². The number of nitrogens with two attached hydrogens (primary N) is 1. The minimum atomic E-state index is 0.114. The highest BCUT2D eigenvalue weighted by atomic mass is 15.2. The van der Waals surface area contributed by atoms with E-state index in [1.54, 1.807) is 0 Å². The minimum Gasteiger partial charge on any atom is -0.384 e. The molecule has 0 fully saturated rings. The summed E-state index contributed by atoms with van der Waals surface area (Å²) < 4.78 is 0. The normalized spacial score (nSPS) is 14.0. The number of hydrogen-bond acceptors (Lipinski definition) is 4. The van der Waals surface area contributed by atoms with E-state index in [4.69, 9.17) is 11.1 Å². The van der Waals surface area contributed by atoms with Crippen LogP contribution in [-0.4, -0.2) is 56.1 Å². The summed E-state index contributed by atoms with van der Waals surface area (Å²) in [6, 6.07) is 16.7. The molecule has 4 N–H and O–H groups in total. The number of aryl methyl sites for hydroxylation is 1. The van der Waals surface area contributed by atoms with Crippen LogP contribution in [0.4, 0.5) is 0 Å². The molecule has 0 amide bonds. The number of benzene rings is 2. The van der Waals surface area contributed by atoms with E-state index in [-0.39, 0.29) is 5.84 Å². The van der Waals surface area contributed by atoms with Gasteiger partial charge in [0.2, 0.25) is 0 Å². The Hall–Kier alpha value is -3.15. The molecule has 0 bridgehead atoms. The third-order valence-electron chi connectivity index (χ3n) is 5.69. The molecule has 3 rings (SSSR count). The van der Waals surface area contributed by atoms with Gasteiger partial charge >= 0.3 is 0 Å². The molecule has 2 aromatic rings. The van der Waals surface area contributed by atoms with Crippen molar-refractivity contribution in [1.82, 2.24) is 10.2 Å². The highest BCUT2D eigenvalue weighted by Crippen LogP contribution is 2.11. The van der Waals surface area contributed by atoms with Gasteiger partial charge in [-0.1, -0.05) is 48.5 Å². The maximum absolute atomic E-state index is 7.48. The van der Waals surface area contributed by atoms with E-state index >= 15 is 0 Å². The molecule has 31 heavy (non-hydrogen) atoms. The van der Waals surface area contributed by atoms with Gasteiger partial charge < -0.3 is 16.0 Å². The predicted octanol–water partition coefficient (Wildman–Crippen LogP) is 3.24. The van der Waals surface area contributed by atoms with Crippen molar-refractivity contribution in [1.29, 1.82) is 5.41 Å². The lowest BCUT2D eigenvalue weighted by Crippen LogP contribution is -2.30. The summed E-state index contributed by atoms with van der Waals surface area (Å²) >= 11 is 0. The zero-order valence-electron chi connectivity index (χ0n) is 18.7. The van der Waals surface area contributed by atoms with Crippen molar-refractivity contribution in [2.45, 2.75) is 32.1 Å². The van der Waals surface area contributed by atoms with E-state index in [0.29, 0.717) is 0 Å². The van der Waals surface area contributed by atoms with Crippen molar-refractivity contribution < 1.29 is 0 Å². The molecule has 1 heterocycles. The second-order valence-electron chi connectivity index (χ2n) is 7.98. The maximum Gasteiger partial charge on any atom is 0.128 e. The molecule has 1 aliphatic rings. The molecule has 0 atom stereocenters. The van der Waals surface area contributed by atoms with Crippen LogP contribution in [0.2, 0.25) is 0 Å². The van der Waals surface area contributed by atoms with Crippen molar-refractivity contribution in [3.05, 3.63) is 70.8 Å². The first-order valence-electron chi connectivity index (χ1n) is 11.0. The molecule has 0 spiro atoms. The molecular formula is C25H34N6. The van der Waals surface area contributed by atoms with Crippen molar-refractivity contribution in [3.63, 3.8) is 0 Å². The van der Waals surface area contributed by atoms with Gasteiger partial charge in [-0.15, -0.1) is 0 Å². The molecule has 164 valence electrons. The molecule has 0 radical (unpaired) electrons. The summed E-state index contributed by atoms with van der Waals surface area (Å²) in [5.41, 5.74) is 10.1. The first-order valence-corrected chi connectivity index (χ1v) is 11.0. The first kappa shape index (κ1) is 22.5. The summed E-state index contributed by atoms with van der Waals surface area (Å²) in [5, 5.41) is 10.9. The Morgan fingerprint density at radius 1 is 1.10 bits per heavy atom. The number of rotatable bonds is 9. The molecule has 6 nitrogen and oxygen atoms in total. The van der Waals surface area contributed by atoms with Gasteiger partial charge in [0, 0.05) is 51.3 Å². The SMILES string of the molecule is CN=C(CCCc1ccc(C(=N)N)cc1)N(C)CCc1ccc(C2=NCCCN2)cc1. The summed E-state index contributed by atoms with van der Waals surface area (Å²) in [6.45, 7) is 2.87. The smallest absolute Gasteiger partial charge is 0.128 e. The molecular weight excluding hydrogens is 384 g/mol. The van der Waals surface area contributed by atoms with Crippen LogP contribution in [0.15, 0.2) is 58.5 Å². The lowest BCUT2D eigenvalue weighted by molar-refractivity contribution is 0.492. The second kappa shape index (κ2) is 11.3. The molecule has 2 aromatic carbocycles. The fraction of sp³-hybridized carbons (Fsp3) is 0.400. The summed E-state index contributed by atoms with van der Waals surface area (Å²) in [6.07, 6.45) is 5.08. The van der Waals surface area contributed by atoms with E-state index in [9.17, 15) is 0 Å². The summed E-state index contributed by atoms with van der Waals surface area (Å²) in [4.78, 5) is 11.3. The average Bonchev–Trinajstić information content (AvgIpc) is 2.81. The van der Waals surface area contributed by atoms with E-state index in [0.717, 1.165) is 69.0 Å². The van der Waals surface area contributed by atoms with Gasteiger partial charge in [-0.25, -0.2) is 0 Å². The van der Waals surface area contributed by atoms with Crippen molar-refractivity contribution in [3.8, 4) is 0 Å². The Bertz CT molecular complexity index is 912. The van der Waals surface area contributed by atoms with Gasteiger partial charge in [0.05, 0.1) is 5.84 Å². The maximum atomic E-state index is 7.48. The topological polar surface area (TPSA) is 89.9 Å². The minimum absolute atomic E-state index is 0.114. The lowest BCUT2D eigenvalue weighted by atomic mass is 10.0. The highest BCUT2D eigenvalue weighted by molar-refractivity contribution is 5.99. The van der Waals surface area contributed by atoms with E-state index in [1.165, 1.54) is 16.7 Å². The average molecular weight is 419 g/mol. The molecule has 0 aromatic heterocycles. The highest BCUT2D eigenvalue weighted by Gasteiger charge is 2.09. The van der Waals surface area contributed by atoms with E-state index in [1.807, 2.05) is 19.2 Å². The Labute approximate surface area is 185 Å². The number of hydrogen-bond donors (Lipinski definition) is 3. The van der Waals surface area contributed by atoms with Crippen molar-refractivity contribution >= 4 is 17.5 Å². The fourth-order valence-electron chi connectivity index (χ4n) is 3.76. The zero-order chi connectivity index (χ0) is 22.1. The van der Waals surface area contributed by atoms with Gasteiger partial charge in [0.25, 0.3) is 0 Å². The number of likely N-dealkylation sites (N-methyl/N-ethyl adjacent to an activating group) is 1. The first-order chi connectivity index (χ1) is 15.1. The van der Waals surface area contributed by atoms with Crippen molar-refractivity contribution in [2.24, 2.45) is 15.7 Å². The Morgan fingerprint density at radius 2 is 1.77 bits per heavy atom. The lowest BCUT2D eigenvalue weighted by Gasteiger charge is -2.21. The zero-order valence-corrected chi connectivity index (χ0v) is 18.7. The fourth-order valence-corrected chi connectivity index (χ4v) is 3.76. The molecule has 0 aliphatic carbocycles. The van der Waals surface area contributed by atoms with Crippen LogP contribution in [-0.2, 0) is 12.8 Å². The molecule has 0 saturated carbocycles. The quantitative estimate of drug-likeness (QED) is 0.431. The van der Waals surface area contributed by atoms with Crippen LogP contribution < -0.4 is 11.1 Å². The number of amidine groups is 3. The van der Waals surface area contributed by atoms with E-state index in [2.05, 4.69) is 63.6 Å². The Kier molecular flexibility index (Phi) is 8.21. The summed E-state index contributed by atoms with van der Waals surface area (Å²) in [5.74, 6) is 2.27. The molecule has 1 aliphatic heterocycles. The number of nitrogens with one attached hydrogen (secondary N) is 2. The van der Waals surface area contributed by atoms with Crippen LogP contribution >= 0.6 is 0 Å². The van der Waals surface area contributed by atoms with Crippen LogP contribution in [0.25, 0.3) is 0 Å². The standard InChI is InChI=1S/C25H34N6/c1-28-23(6-3-5-19-7-11-21(12-8-19)24(26)27)31(2)18-15-20-9-13-22(14-10-20)25-29-16-4-17-30-25/h7-14H,3-6,15-18H2,1-2H3,(H3,26,27)(H,29,30). The summed E-state index contributed by atoms with van der Waals surface area (Å²) in [7, 11) is 4.00. The molecule has 0 saturated heterocycles. The van der Waals surface area contributed by atoms with Gasteiger partial charge in [-0.05, 0) is 36.8 Å². The van der Waals surface area contributed by atoms with Crippen LogP contribution in [0.1, 0.15) is 41.5 Å². The Morgan fingerprint density at radius 3 is 2.39 bits per heavy atom. The van der Waals surface area contributed by atoms with Crippen LogP contribution in [0.5, 0.6) is 0 Å². The number of aliphatic imine (C=N–C) groups is 2. The van der Waals surface area contributed by atoms with Gasteiger partial charge in [-0.2, -0.15) is 0 Å². The van der Waals surface area contributed by atoms with Crippen LogP contribution in [0, 0.1) is 5.41 Å². The van der Waals surface area contributed by atoms with Gasteiger partial charge in [0.15, 0.2) is 0 Å².